The Morgan fingerprint density at radius 1 is 1.00 bits per heavy atom. The molecular formula is C26H31N3O4. The molecule has 174 valence electrons. The second-order valence-electron chi connectivity index (χ2n) is 9.61. The largest absolute Gasteiger partial charge is 0.478 e. The van der Waals surface area contributed by atoms with Crippen molar-refractivity contribution in [1.82, 2.24) is 15.1 Å². The van der Waals surface area contributed by atoms with Crippen molar-refractivity contribution in [2.45, 2.75) is 52.2 Å². The number of carboxylic acids is 1. The van der Waals surface area contributed by atoms with Crippen LogP contribution in [0.15, 0.2) is 54.6 Å². The van der Waals surface area contributed by atoms with Gasteiger partial charge in [0.2, 0.25) is 0 Å². The Kier molecular flexibility index (Phi) is 6.63. The number of carbonyl (C=O) groups is 2. The highest BCUT2D eigenvalue weighted by molar-refractivity contribution is 5.93. The Hall–Kier alpha value is -3.61. The molecule has 7 heteroatoms. The lowest BCUT2D eigenvalue weighted by molar-refractivity contribution is -0.152. The van der Waals surface area contributed by atoms with Gasteiger partial charge in [-0.25, -0.2) is 4.79 Å². The Bertz CT molecular complexity index is 1140. The van der Waals surface area contributed by atoms with Gasteiger partial charge in [-0.1, -0.05) is 57.2 Å². The summed E-state index contributed by atoms with van der Waals surface area (Å²) in [5.74, 6) is -0.819. The first-order valence-corrected chi connectivity index (χ1v) is 10.8. The number of nitrogens with zero attached hydrogens (tertiary/aromatic N) is 2. The highest BCUT2D eigenvalue weighted by atomic mass is 16.5. The monoisotopic (exact) mass is 449 g/mol. The third-order valence-electron chi connectivity index (χ3n) is 5.42. The average molecular weight is 450 g/mol. The van der Waals surface area contributed by atoms with E-state index in [2.05, 4.69) is 43.3 Å². The summed E-state index contributed by atoms with van der Waals surface area (Å²) < 4.78 is 7.08. The maximum Gasteiger partial charge on any atom is 0.347 e. The number of carboxylic acid groups (broad SMARTS) is 1. The number of aliphatic carboxylic acids is 1. The van der Waals surface area contributed by atoms with E-state index in [1.54, 1.807) is 42.1 Å². The normalized spacial score (nSPS) is 11.8. The van der Waals surface area contributed by atoms with E-state index in [0.717, 1.165) is 16.8 Å². The Morgan fingerprint density at radius 3 is 2.15 bits per heavy atom. The number of amides is 1. The van der Waals surface area contributed by atoms with E-state index >= 15 is 0 Å². The summed E-state index contributed by atoms with van der Waals surface area (Å²) in [7, 11) is 1.75. The Balaban J connectivity index is 1.64. The number of aromatic nitrogens is 2. The van der Waals surface area contributed by atoms with Crippen molar-refractivity contribution >= 4 is 11.9 Å². The molecule has 0 bridgehead atoms. The first-order valence-electron chi connectivity index (χ1n) is 10.8. The third kappa shape index (κ3) is 5.80. The Morgan fingerprint density at radius 2 is 1.61 bits per heavy atom. The number of hydrogen-bond donors (Lipinski definition) is 2. The second kappa shape index (κ2) is 9.10. The van der Waals surface area contributed by atoms with E-state index in [9.17, 15) is 14.7 Å². The molecule has 0 aliphatic heterocycles. The zero-order valence-electron chi connectivity index (χ0n) is 20.0. The summed E-state index contributed by atoms with van der Waals surface area (Å²) >= 11 is 0. The third-order valence-corrected chi connectivity index (χ3v) is 5.42. The number of nitrogens with one attached hydrogen (secondary N) is 1. The number of ether oxygens (including phenoxy) is 1. The van der Waals surface area contributed by atoms with Gasteiger partial charge in [0.25, 0.3) is 5.91 Å². The lowest BCUT2D eigenvalue weighted by Gasteiger charge is -2.21. The van der Waals surface area contributed by atoms with Gasteiger partial charge >= 0.3 is 5.97 Å². The van der Waals surface area contributed by atoms with Crippen LogP contribution in [0.2, 0.25) is 0 Å². The van der Waals surface area contributed by atoms with Gasteiger partial charge in [-0.2, -0.15) is 5.10 Å². The fourth-order valence-electron chi connectivity index (χ4n) is 3.25. The molecule has 0 saturated heterocycles. The van der Waals surface area contributed by atoms with Gasteiger partial charge in [-0.05, 0) is 48.6 Å². The molecule has 1 heterocycles. The van der Waals surface area contributed by atoms with Crippen LogP contribution in [-0.2, 0) is 23.8 Å². The maximum atomic E-state index is 12.7. The lowest BCUT2D eigenvalue weighted by atomic mass is 9.86. The molecule has 0 saturated carbocycles. The fourth-order valence-corrected chi connectivity index (χ4v) is 3.25. The van der Waals surface area contributed by atoms with Crippen molar-refractivity contribution in [2.24, 2.45) is 7.05 Å². The molecule has 1 amide bonds. The molecule has 33 heavy (non-hydrogen) atoms. The van der Waals surface area contributed by atoms with Crippen molar-refractivity contribution < 1.29 is 19.4 Å². The van der Waals surface area contributed by atoms with Crippen LogP contribution < -0.4 is 10.1 Å². The SMILES string of the molecule is Cn1nc(-c2ccc(C(C)(C)C)cc2)cc1C(=O)NCc1ccc(OC(C)(C)C(=O)O)cc1. The average Bonchev–Trinajstić information content (AvgIpc) is 3.14. The van der Waals surface area contributed by atoms with Crippen LogP contribution in [0.5, 0.6) is 5.75 Å². The summed E-state index contributed by atoms with van der Waals surface area (Å²) in [5.41, 5.74) is 3.02. The molecule has 1 aromatic heterocycles. The van der Waals surface area contributed by atoms with Crippen molar-refractivity contribution in [3.8, 4) is 17.0 Å². The van der Waals surface area contributed by atoms with Crippen LogP contribution in [0.25, 0.3) is 11.3 Å². The zero-order valence-corrected chi connectivity index (χ0v) is 20.0. The van der Waals surface area contributed by atoms with Gasteiger partial charge < -0.3 is 15.2 Å². The van der Waals surface area contributed by atoms with Gasteiger partial charge in [0.1, 0.15) is 11.4 Å². The van der Waals surface area contributed by atoms with Crippen LogP contribution in [0.3, 0.4) is 0 Å². The predicted molar refractivity (Wildman–Crippen MR) is 127 cm³/mol. The minimum absolute atomic E-state index is 0.0739. The number of aryl methyl sites for hydroxylation is 1. The quantitative estimate of drug-likeness (QED) is 0.552. The summed E-state index contributed by atoms with van der Waals surface area (Å²) in [6, 6.07) is 17.0. The van der Waals surface area contributed by atoms with Crippen LogP contribution in [-0.4, -0.2) is 32.4 Å². The minimum atomic E-state index is -1.32. The van der Waals surface area contributed by atoms with Gasteiger partial charge in [-0.3, -0.25) is 9.48 Å². The Labute approximate surface area is 194 Å². The minimum Gasteiger partial charge on any atom is -0.478 e. The predicted octanol–water partition coefficient (Wildman–Crippen LogP) is 4.56. The van der Waals surface area contributed by atoms with Crippen LogP contribution in [0.4, 0.5) is 0 Å². The molecule has 2 aromatic carbocycles. The highest BCUT2D eigenvalue weighted by Crippen LogP contribution is 2.26. The maximum absolute atomic E-state index is 12.7. The fraction of sp³-hybridized carbons (Fsp3) is 0.346. The first kappa shape index (κ1) is 24.0. The molecule has 0 radical (unpaired) electrons. The van der Waals surface area contributed by atoms with E-state index in [1.165, 1.54) is 19.4 Å². The van der Waals surface area contributed by atoms with Crippen LogP contribution in [0.1, 0.15) is 56.2 Å². The molecule has 3 aromatic rings. The van der Waals surface area contributed by atoms with E-state index in [0.29, 0.717) is 18.0 Å². The molecule has 0 spiro atoms. The van der Waals surface area contributed by atoms with E-state index < -0.39 is 11.6 Å². The topological polar surface area (TPSA) is 93.5 Å². The number of carbonyl (C=O) groups excluding carboxylic acids is 1. The van der Waals surface area contributed by atoms with Crippen molar-refractivity contribution in [1.29, 1.82) is 0 Å². The highest BCUT2D eigenvalue weighted by Gasteiger charge is 2.29. The zero-order chi connectivity index (χ0) is 24.4. The van der Waals surface area contributed by atoms with E-state index in [-0.39, 0.29) is 11.3 Å². The number of rotatable bonds is 7. The van der Waals surface area contributed by atoms with Crippen molar-refractivity contribution in [2.75, 3.05) is 0 Å². The van der Waals surface area contributed by atoms with Gasteiger partial charge in [0.15, 0.2) is 5.60 Å². The standard InChI is InChI=1S/C26H31N3O4/c1-25(2,3)19-11-9-18(10-12-19)21-15-22(29(6)28-21)23(30)27-16-17-7-13-20(14-8-17)33-26(4,5)24(31)32/h7-15H,16H2,1-6H3,(H,27,30)(H,31,32). The molecule has 0 aliphatic rings. The number of hydrogen-bond acceptors (Lipinski definition) is 4. The molecule has 0 unspecified atom stereocenters. The van der Waals surface area contributed by atoms with Gasteiger partial charge in [0, 0.05) is 19.2 Å². The first-order chi connectivity index (χ1) is 15.4. The molecule has 0 fully saturated rings. The smallest absolute Gasteiger partial charge is 0.347 e. The summed E-state index contributed by atoms with van der Waals surface area (Å²) in [5, 5.41) is 16.6. The lowest BCUT2D eigenvalue weighted by Crippen LogP contribution is -2.37. The van der Waals surface area contributed by atoms with Crippen LogP contribution >= 0.6 is 0 Å². The molecule has 0 atom stereocenters. The summed E-state index contributed by atoms with van der Waals surface area (Å²) in [4.78, 5) is 23.9. The number of benzene rings is 2. The van der Waals surface area contributed by atoms with Gasteiger partial charge in [0.05, 0.1) is 5.69 Å². The van der Waals surface area contributed by atoms with Crippen LogP contribution in [0, 0.1) is 0 Å². The molecule has 3 rings (SSSR count). The van der Waals surface area contributed by atoms with Gasteiger partial charge in [-0.15, -0.1) is 0 Å². The molecular weight excluding hydrogens is 418 g/mol. The molecule has 2 N–H and O–H groups in total. The van der Waals surface area contributed by atoms with E-state index in [4.69, 9.17) is 4.74 Å². The second-order valence-corrected chi connectivity index (χ2v) is 9.61. The summed E-state index contributed by atoms with van der Waals surface area (Å²) in [6.45, 7) is 9.81. The molecule has 0 aliphatic carbocycles. The van der Waals surface area contributed by atoms with Crippen molar-refractivity contribution in [3.05, 3.63) is 71.4 Å². The molecule has 7 nitrogen and oxygen atoms in total. The van der Waals surface area contributed by atoms with Crippen molar-refractivity contribution in [3.63, 3.8) is 0 Å². The van der Waals surface area contributed by atoms with E-state index in [1.807, 2.05) is 12.1 Å². The summed E-state index contributed by atoms with van der Waals surface area (Å²) in [6.07, 6.45) is 0.